The third-order valence-corrected chi connectivity index (χ3v) is 2.79. The van der Waals surface area contributed by atoms with Crippen LogP contribution < -0.4 is 5.32 Å². The molecule has 2 aromatic rings. The van der Waals surface area contributed by atoms with E-state index in [1.807, 2.05) is 0 Å². The summed E-state index contributed by atoms with van der Waals surface area (Å²) >= 11 is 6.06. The number of aliphatic hydroxyl groups is 1. The maximum Gasteiger partial charge on any atom is 0.274 e. The molecule has 1 heterocycles. The minimum Gasteiger partial charge on any atom is -0.443 e. The summed E-state index contributed by atoms with van der Waals surface area (Å²) < 4.78 is 5.24. The zero-order chi connectivity index (χ0) is 13.8. The Balaban J connectivity index is 2.28. The van der Waals surface area contributed by atoms with Crippen LogP contribution in [-0.4, -0.2) is 28.6 Å². The zero-order valence-electron chi connectivity index (χ0n) is 10.3. The molecule has 0 bridgehead atoms. The van der Waals surface area contributed by atoms with Gasteiger partial charge < -0.3 is 14.8 Å². The van der Waals surface area contributed by atoms with Crippen LogP contribution in [0.2, 0.25) is 5.02 Å². The van der Waals surface area contributed by atoms with Gasteiger partial charge in [0.25, 0.3) is 5.91 Å². The van der Waals surface area contributed by atoms with Crippen LogP contribution in [0, 0.1) is 0 Å². The molecule has 0 saturated heterocycles. The van der Waals surface area contributed by atoms with E-state index in [9.17, 15) is 4.79 Å². The fourth-order valence-corrected chi connectivity index (χ4v) is 1.79. The second kappa shape index (κ2) is 5.86. The highest BCUT2D eigenvalue weighted by Crippen LogP contribution is 2.29. The first-order valence-electron chi connectivity index (χ1n) is 5.74. The fraction of sp³-hybridized carbons (Fsp3) is 0.231. The van der Waals surface area contributed by atoms with E-state index in [0.29, 0.717) is 16.3 Å². The Morgan fingerprint density at radius 3 is 2.95 bits per heavy atom. The van der Waals surface area contributed by atoms with Gasteiger partial charge >= 0.3 is 0 Å². The van der Waals surface area contributed by atoms with Crippen molar-refractivity contribution in [3.63, 3.8) is 0 Å². The van der Waals surface area contributed by atoms with Crippen molar-refractivity contribution in [2.24, 2.45) is 0 Å². The number of nitrogens with one attached hydrogen (secondary N) is 1. The summed E-state index contributed by atoms with van der Waals surface area (Å²) in [5.41, 5.74) is 0.748. The highest BCUT2D eigenvalue weighted by Gasteiger charge is 2.19. The lowest BCUT2D eigenvalue weighted by molar-refractivity contribution is 0.0920. The van der Waals surface area contributed by atoms with E-state index in [1.165, 1.54) is 6.39 Å². The van der Waals surface area contributed by atoms with E-state index in [4.69, 9.17) is 21.1 Å². The average molecular weight is 281 g/mol. The van der Waals surface area contributed by atoms with E-state index in [0.717, 1.165) is 0 Å². The molecule has 2 rings (SSSR count). The normalized spacial score (nSPS) is 12.2. The highest BCUT2D eigenvalue weighted by molar-refractivity contribution is 6.33. The van der Waals surface area contributed by atoms with Gasteiger partial charge in [-0.1, -0.05) is 23.7 Å². The molecule has 6 heteroatoms. The molecule has 0 fully saturated rings. The molecule has 0 saturated carbocycles. The summed E-state index contributed by atoms with van der Waals surface area (Å²) in [6, 6.07) is 7.03. The SMILES string of the molecule is CC(O)CNC(=O)c1ncoc1-c1ccccc1Cl. The first-order chi connectivity index (χ1) is 9.09. The number of aromatic nitrogens is 1. The molecule has 1 atom stereocenters. The van der Waals surface area contributed by atoms with E-state index in [1.54, 1.807) is 31.2 Å². The number of oxazole rings is 1. The van der Waals surface area contributed by atoms with E-state index in [2.05, 4.69) is 10.3 Å². The lowest BCUT2D eigenvalue weighted by Gasteiger charge is -2.06. The van der Waals surface area contributed by atoms with Crippen molar-refractivity contribution in [2.45, 2.75) is 13.0 Å². The lowest BCUT2D eigenvalue weighted by Crippen LogP contribution is -2.31. The number of halogens is 1. The van der Waals surface area contributed by atoms with Crippen LogP contribution in [0.5, 0.6) is 0 Å². The van der Waals surface area contributed by atoms with Crippen LogP contribution in [0.3, 0.4) is 0 Å². The van der Waals surface area contributed by atoms with E-state index in [-0.39, 0.29) is 12.2 Å². The predicted molar refractivity (Wildman–Crippen MR) is 71.0 cm³/mol. The zero-order valence-corrected chi connectivity index (χ0v) is 11.0. The predicted octanol–water partition coefficient (Wildman–Crippen LogP) is 2.11. The summed E-state index contributed by atoms with van der Waals surface area (Å²) in [7, 11) is 0. The quantitative estimate of drug-likeness (QED) is 0.899. The summed E-state index contributed by atoms with van der Waals surface area (Å²) in [6.07, 6.45) is 0.565. The molecule has 0 aliphatic carbocycles. The number of hydrogen-bond donors (Lipinski definition) is 2. The van der Waals surface area contributed by atoms with Crippen molar-refractivity contribution in [1.82, 2.24) is 10.3 Å². The van der Waals surface area contributed by atoms with Crippen molar-refractivity contribution >= 4 is 17.5 Å². The number of nitrogens with zero attached hydrogens (tertiary/aromatic N) is 1. The molecule has 1 aromatic heterocycles. The standard InChI is InChI=1S/C13H13ClN2O3/c1-8(17)6-15-13(18)11-12(19-7-16-11)9-4-2-3-5-10(9)14/h2-5,7-8,17H,6H2,1H3,(H,15,18). The lowest BCUT2D eigenvalue weighted by atomic mass is 10.1. The number of aliphatic hydroxyl groups excluding tert-OH is 1. The van der Waals surface area contributed by atoms with Crippen LogP contribution >= 0.6 is 11.6 Å². The number of benzene rings is 1. The van der Waals surface area contributed by atoms with Crippen LogP contribution in [0.25, 0.3) is 11.3 Å². The van der Waals surface area contributed by atoms with Crippen LogP contribution in [0.1, 0.15) is 17.4 Å². The second-order valence-electron chi connectivity index (χ2n) is 4.07. The van der Waals surface area contributed by atoms with Crippen molar-refractivity contribution in [3.05, 3.63) is 41.4 Å². The van der Waals surface area contributed by atoms with E-state index >= 15 is 0 Å². The van der Waals surface area contributed by atoms with Crippen molar-refractivity contribution in [1.29, 1.82) is 0 Å². The van der Waals surface area contributed by atoms with Gasteiger partial charge in [-0.15, -0.1) is 0 Å². The summed E-state index contributed by atoms with van der Waals surface area (Å²) in [5.74, 6) is -0.0988. The molecule has 0 radical (unpaired) electrons. The summed E-state index contributed by atoms with van der Waals surface area (Å²) in [4.78, 5) is 15.8. The van der Waals surface area contributed by atoms with Crippen LogP contribution in [0.15, 0.2) is 35.1 Å². The van der Waals surface area contributed by atoms with Gasteiger partial charge in [0.1, 0.15) is 0 Å². The third kappa shape index (κ3) is 3.13. The smallest absolute Gasteiger partial charge is 0.274 e. The van der Waals surface area contributed by atoms with Gasteiger partial charge in [0, 0.05) is 12.1 Å². The molecular weight excluding hydrogens is 268 g/mol. The Labute approximate surface area is 115 Å². The average Bonchev–Trinajstić information content (AvgIpc) is 2.85. The number of carbonyl (C=O) groups is 1. The first-order valence-corrected chi connectivity index (χ1v) is 6.12. The monoisotopic (exact) mass is 280 g/mol. The Hall–Kier alpha value is -1.85. The Morgan fingerprint density at radius 1 is 1.53 bits per heavy atom. The Bertz CT molecular complexity index is 581. The number of carbonyl (C=O) groups excluding carboxylic acids is 1. The van der Waals surface area contributed by atoms with Gasteiger partial charge in [0.15, 0.2) is 17.8 Å². The largest absolute Gasteiger partial charge is 0.443 e. The van der Waals surface area contributed by atoms with Gasteiger partial charge in [-0.05, 0) is 19.1 Å². The van der Waals surface area contributed by atoms with E-state index < -0.39 is 12.0 Å². The van der Waals surface area contributed by atoms with Crippen molar-refractivity contribution < 1.29 is 14.3 Å². The molecule has 100 valence electrons. The summed E-state index contributed by atoms with van der Waals surface area (Å²) in [5, 5.41) is 12.2. The highest BCUT2D eigenvalue weighted by atomic mass is 35.5. The maximum absolute atomic E-state index is 11.9. The van der Waals surface area contributed by atoms with Gasteiger partial charge in [0.2, 0.25) is 0 Å². The van der Waals surface area contributed by atoms with Crippen molar-refractivity contribution in [3.8, 4) is 11.3 Å². The molecule has 0 aliphatic heterocycles. The molecule has 0 spiro atoms. The van der Waals surface area contributed by atoms with Crippen molar-refractivity contribution in [2.75, 3.05) is 6.54 Å². The molecule has 1 aromatic carbocycles. The number of rotatable bonds is 4. The molecule has 1 amide bonds. The third-order valence-electron chi connectivity index (χ3n) is 2.46. The van der Waals surface area contributed by atoms with Gasteiger partial charge in [-0.25, -0.2) is 4.98 Å². The van der Waals surface area contributed by atoms with Gasteiger partial charge in [-0.2, -0.15) is 0 Å². The van der Waals surface area contributed by atoms with Crippen LogP contribution in [0.4, 0.5) is 0 Å². The maximum atomic E-state index is 11.9. The molecule has 5 nitrogen and oxygen atoms in total. The minimum absolute atomic E-state index is 0.146. The number of amides is 1. The summed E-state index contributed by atoms with van der Waals surface area (Å²) in [6.45, 7) is 1.73. The topological polar surface area (TPSA) is 75.4 Å². The Morgan fingerprint density at radius 2 is 2.26 bits per heavy atom. The molecule has 2 N–H and O–H groups in total. The molecular formula is C13H13ClN2O3. The van der Waals surface area contributed by atoms with Gasteiger partial charge in [-0.3, -0.25) is 4.79 Å². The first kappa shape index (κ1) is 13.6. The fourth-order valence-electron chi connectivity index (χ4n) is 1.57. The number of hydrogen-bond acceptors (Lipinski definition) is 4. The Kier molecular flexibility index (Phi) is 4.19. The molecule has 1 unspecified atom stereocenters. The van der Waals surface area contributed by atoms with Crippen LogP contribution in [-0.2, 0) is 0 Å². The minimum atomic E-state index is -0.625. The van der Waals surface area contributed by atoms with Gasteiger partial charge in [0.05, 0.1) is 11.1 Å². The molecule has 19 heavy (non-hydrogen) atoms. The second-order valence-corrected chi connectivity index (χ2v) is 4.48. The molecule has 0 aliphatic rings.